The standard InChI is InChI=1S/C9H20N2O/c1-6(2)11-4-7(3)9(12)8(10)5-11/h6-9,12H,4-5,10H2,1-3H3/t7-,8+,9+/m1/s1. The molecule has 0 radical (unpaired) electrons. The SMILES string of the molecule is CC(C)N1C[C@@H](C)[C@H](O)[C@@H](N)C1. The Morgan fingerprint density at radius 1 is 1.42 bits per heavy atom. The molecule has 3 heteroatoms. The highest BCUT2D eigenvalue weighted by molar-refractivity contribution is 4.88. The lowest BCUT2D eigenvalue weighted by molar-refractivity contribution is 0.00649. The van der Waals surface area contributed by atoms with Gasteiger partial charge in [-0.15, -0.1) is 0 Å². The summed E-state index contributed by atoms with van der Waals surface area (Å²) in [6.45, 7) is 8.17. The van der Waals surface area contributed by atoms with Crippen molar-refractivity contribution in [2.45, 2.75) is 39.0 Å². The fraction of sp³-hybridized carbons (Fsp3) is 1.00. The fourth-order valence-electron chi connectivity index (χ4n) is 1.77. The molecule has 0 aliphatic carbocycles. The summed E-state index contributed by atoms with van der Waals surface area (Å²) in [7, 11) is 0. The first-order valence-electron chi connectivity index (χ1n) is 4.70. The lowest BCUT2D eigenvalue weighted by Crippen LogP contribution is -2.57. The highest BCUT2D eigenvalue weighted by Crippen LogP contribution is 2.17. The van der Waals surface area contributed by atoms with Crippen molar-refractivity contribution in [1.82, 2.24) is 4.90 Å². The van der Waals surface area contributed by atoms with Crippen molar-refractivity contribution in [3.63, 3.8) is 0 Å². The van der Waals surface area contributed by atoms with Gasteiger partial charge in [0.2, 0.25) is 0 Å². The van der Waals surface area contributed by atoms with Crippen LogP contribution in [-0.2, 0) is 0 Å². The normalized spacial score (nSPS) is 39.0. The molecule has 72 valence electrons. The van der Waals surface area contributed by atoms with E-state index in [0.29, 0.717) is 12.0 Å². The third-order valence-corrected chi connectivity index (χ3v) is 2.72. The summed E-state index contributed by atoms with van der Waals surface area (Å²) < 4.78 is 0. The van der Waals surface area contributed by atoms with Gasteiger partial charge in [-0.2, -0.15) is 0 Å². The van der Waals surface area contributed by atoms with Crippen LogP contribution in [-0.4, -0.2) is 41.3 Å². The number of likely N-dealkylation sites (tertiary alicyclic amines) is 1. The average molecular weight is 172 g/mol. The van der Waals surface area contributed by atoms with E-state index in [1.165, 1.54) is 0 Å². The first-order chi connectivity index (χ1) is 5.52. The summed E-state index contributed by atoms with van der Waals surface area (Å²) in [6, 6.07) is 0.460. The lowest BCUT2D eigenvalue weighted by Gasteiger charge is -2.40. The van der Waals surface area contributed by atoms with Crippen molar-refractivity contribution in [2.75, 3.05) is 13.1 Å². The van der Waals surface area contributed by atoms with Gasteiger partial charge in [0.25, 0.3) is 0 Å². The predicted molar refractivity (Wildman–Crippen MR) is 49.9 cm³/mol. The highest BCUT2D eigenvalue weighted by Gasteiger charge is 2.31. The summed E-state index contributed by atoms with van der Waals surface area (Å²) in [6.07, 6.45) is -0.319. The Morgan fingerprint density at radius 3 is 2.42 bits per heavy atom. The van der Waals surface area contributed by atoms with Crippen molar-refractivity contribution in [2.24, 2.45) is 11.7 Å². The summed E-state index contributed by atoms with van der Waals surface area (Å²) in [5.74, 6) is 0.302. The molecule has 0 aromatic carbocycles. The van der Waals surface area contributed by atoms with Crippen LogP contribution in [0.4, 0.5) is 0 Å². The lowest BCUT2D eigenvalue weighted by atomic mass is 9.92. The van der Waals surface area contributed by atoms with Crippen LogP contribution >= 0.6 is 0 Å². The van der Waals surface area contributed by atoms with E-state index in [1.54, 1.807) is 0 Å². The van der Waals surface area contributed by atoms with Crippen LogP contribution in [0.1, 0.15) is 20.8 Å². The monoisotopic (exact) mass is 172 g/mol. The van der Waals surface area contributed by atoms with Gasteiger partial charge in [0.05, 0.1) is 6.10 Å². The number of nitrogens with two attached hydrogens (primary N) is 1. The van der Waals surface area contributed by atoms with Crippen molar-refractivity contribution in [3.8, 4) is 0 Å². The molecule has 0 aromatic heterocycles. The van der Waals surface area contributed by atoms with Crippen LogP contribution in [0, 0.1) is 5.92 Å². The van der Waals surface area contributed by atoms with Gasteiger partial charge >= 0.3 is 0 Å². The number of rotatable bonds is 1. The molecule has 0 bridgehead atoms. The Labute approximate surface area is 74.5 Å². The molecular formula is C9H20N2O. The number of hydrogen-bond donors (Lipinski definition) is 2. The average Bonchev–Trinajstić information content (AvgIpc) is 1.99. The number of hydrogen-bond acceptors (Lipinski definition) is 3. The van der Waals surface area contributed by atoms with Gasteiger partial charge in [-0.05, 0) is 19.8 Å². The molecule has 0 saturated carbocycles. The maximum Gasteiger partial charge on any atom is 0.0741 e. The van der Waals surface area contributed by atoms with Gasteiger partial charge in [-0.3, -0.25) is 4.90 Å². The van der Waals surface area contributed by atoms with Crippen LogP contribution < -0.4 is 5.73 Å². The van der Waals surface area contributed by atoms with Crippen molar-refractivity contribution < 1.29 is 5.11 Å². The smallest absolute Gasteiger partial charge is 0.0741 e. The van der Waals surface area contributed by atoms with E-state index in [2.05, 4.69) is 25.7 Å². The zero-order chi connectivity index (χ0) is 9.30. The summed E-state index contributed by atoms with van der Waals surface area (Å²) in [5, 5.41) is 9.59. The maximum absolute atomic E-state index is 9.59. The summed E-state index contributed by atoms with van der Waals surface area (Å²) in [5.41, 5.74) is 5.81. The molecule has 0 unspecified atom stereocenters. The van der Waals surface area contributed by atoms with E-state index < -0.39 is 0 Å². The number of aliphatic hydroxyl groups excluding tert-OH is 1. The van der Waals surface area contributed by atoms with Gasteiger partial charge in [-0.25, -0.2) is 0 Å². The molecule has 12 heavy (non-hydrogen) atoms. The number of piperidine rings is 1. The largest absolute Gasteiger partial charge is 0.391 e. The Bertz CT molecular complexity index is 137. The van der Waals surface area contributed by atoms with Crippen LogP contribution in [0.3, 0.4) is 0 Å². The molecule has 0 aromatic rings. The van der Waals surface area contributed by atoms with Crippen molar-refractivity contribution >= 4 is 0 Å². The maximum atomic E-state index is 9.59. The summed E-state index contributed by atoms with van der Waals surface area (Å²) in [4.78, 5) is 2.32. The van der Waals surface area contributed by atoms with Gasteiger partial charge in [0, 0.05) is 25.2 Å². The van der Waals surface area contributed by atoms with Gasteiger partial charge in [0.1, 0.15) is 0 Å². The zero-order valence-electron chi connectivity index (χ0n) is 8.20. The molecule has 1 heterocycles. The highest BCUT2D eigenvalue weighted by atomic mass is 16.3. The third kappa shape index (κ3) is 1.97. The Balaban J connectivity index is 2.53. The molecule has 3 nitrogen and oxygen atoms in total. The minimum atomic E-state index is -0.319. The van der Waals surface area contributed by atoms with Gasteiger partial charge in [-0.1, -0.05) is 6.92 Å². The van der Waals surface area contributed by atoms with E-state index >= 15 is 0 Å². The molecule has 3 atom stereocenters. The summed E-state index contributed by atoms with van der Waals surface area (Å²) >= 11 is 0. The van der Waals surface area contributed by atoms with Gasteiger partial charge < -0.3 is 10.8 Å². The first kappa shape index (κ1) is 9.96. The van der Waals surface area contributed by atoms with Crippen LogP contribution in [0.15, 0.2) is 0 Å². The van der Waals surface area contributed by atoms with Crippen LogP contribution in [0.25, 0.3) is 0 Å². The quantitative estimate of drug-likeness (QED) is 0.587. The third-order valence-electron chi connectivity index (χ3n) is 2.72. The Morgan fingerprint density at radius 2 is 2.00 bits per heavy atom. The van der Waals surface area contributed by atoms with Crippen LogP contribution in [0.5, 0.6) is 0 Å². The van der Waals surface area contributed by atoms with Crippen molar-refractivity contribution in [3.05, 3.63) is 0 Å². The molecule has 1 fully saturated rings. The molecule has 1 aliphatic heterocycles. The second-order valence-electron chi connectivity index (χ2n) is 4.18. The second-order valence-corrected chi connectivity index (χ2v) is 4.18. The Hall–Kier alpha value is -0.120. The van der Waals surface area contributed by atoms with E-state index in [1.807, 2.05) is 0 Å². The molecule has 1 rings (SSSR count). The molecular weight excluding hydrogens is 152 g/mol. The second kappa shape index (κ2) is 3.73. The van der Waals surface area contributed by atoms with E-state index in [9.17, 15) is 5.11 Å². The minimum Gasteiger partial charge on any atom is -0.391 e. The van der Waals surface area contributed by atoms with E-state index in [0.717, 1.165) is 13.1 Å². The molecule has 3 N–H and O–H groups in total. The first-order valence-corrected chi connectivity index (χ1v) is 4.70. The van der Waals surface area contributed by atoms with Gasteiger partial charge in [0.15, 0.2) is 0 Å². The van der Waals surface area contributed by atoms with Crippen LogP contribution in [0.2, 0.25) is 0 Å². The topological polar surface area (TPSA) is 49.5 Å². The fourth-order valence-corrected chi connectivity index (χ4v) is 1.77. The molecule has 1 saturated heterocycles. The molecule has 0 spiro atoms. The molecule has 1 aliphatic rings. The number of aliphatic hydroxyl groups is 1. The zero-order valence-corrected chi connectivity index (χ0v) is 8.20. The Kier molecular flexibility index (Phi) is 3.09. The number of nitrogens with zero attached hydrogens (tertiary/aromatic N) is 1. The molecule has 0 amide bonds. The van der Waals surface area contributed by atoms with E-state index in [4.69, 9.17) is 5.73 Å². The van der Waals surface area contributed by atoms with Crippen molar-refractivity contribution in [1.29, 1.82) is 0 Å². The minimum absolute atomic E-state index is 0.0730. The van der Waals surface area contributed by atoms with E-state index in [-0.39, 0.29) is 12.1 Å². The predicted octanol–water partition coefficient (Wildman–Crippen LogP) is 0.0347.